The van der Waals surface area contributed by atoms with Crippen molar-refractivity contribution in [3.05, 3.63) is 0 Å². The van der Waals surface area contributed by atoms with Crippen molar-refractivity contribution in [3.8, 4) is 0 Å². The van der Waals surface area contributed by atoms with Crippen LogP contribution in [0.4, 0.5) is 13.2 Å². The summed E-state index contributed by atoms with van der Waals surface area (Å²) in [7, 11) is 13.9. The van der Waals surface area contributed by atoms with Gasteiger partial charge in [-0.2, -0.15) is 13.2 Å². The lowest BCUT2D eigenvalue weighted by Crippen LogP contribution is -2.60. The van der Waals surface area contributed by atoms with Crippen molar-refractivity contribution in [2.75, 3.05) is 0 Å². The summed E-state index contributed by atoms with van der Waals surface area (Å²) in [6, 6.07) is 0. The standard InChI is InChI=1S/C27H43B2F3O/c1-16(6-7-17(2)27(30,31)32)19-8-9-20-18-14-22(28)26(29)15-23(3,33)12-13-25(26,5)21(18)10-11-24(19,20)4/h16-22,33H,6-15H2,1-5H3/t16-,17?,18?,19?,20?,21?,22?,23+,24?,25?,26?/m1/s1. The molecule has 0 saturated heterocycles. The Hall–Kier alpha value is -0.120. The van der Waals surface area contributed by atoms with Crippen molar-refractivity contribution in [1.82, 2.24) is 0 Å². The lowest BCUT2D eigenvalue weighted by atomic mass is 9.29. The van der Waals surface area contributed by atoms with Gasteiger partial charge in [-0.15, -0.1) is 0 Å². The Kier molecular flexibility index (Phi) is 6.45. The highest BCUT2D eigenvalue weighted by Gasteiger charge is 2.65. The molecule has 4 aliphatic rings. The third kappa shape index (κ3) is 4.05. The fourth-order valence-electron chi connectivity index (χ4n) is 9.53. The van der Waals surface area contributed by atoms with Crippen molar-refractivity contribution in [2.24, 2.45) is 46.3 Å². The summed E-state index contributed by atoms with van der Waals surface area (Å²) < 4.78 is 39.2. The van der Waals surface area contributed by atoms with Gasteiger partial charge in [0, 0.05) is 0 Å². The molecule has 4 radical (unpaired) electrons. The predicted octanol–water partition coefficient (Wildman–Crippen LogP) is 7.29. The minimum absolute atomic E-state index is 0.0647. The van der Waals surface area contributed by atoms with Gasteiger partial charge in [-0.1, -0.05) is 45.2 Å². The Labute approximate surface area is 202 Å². The highest BCUT2D eigenvalue weighted by molar-refractivity contribution is 6.24. The quantitative estimate of drug-likeness (QED) is 0.435. The molecule has 184 valence electrons. The normalized spacial score (nSPS) is 51.8. The smallest absolute Gasteiger partial charge is 0.390 e. The Morgan fingerprint density at radius 1 is 0.970 bits per heavy atom. The van der Waals surface area contributed by atoms with E-state index >= 15 is 0 Å². The van der Waals surface area contributed by atoms with Crippen LogP contribution in [0.25, 0.3) is 0 Å². The highest BCUT2D eigenvalue weighted by Crippen LogP contribution is 2.76. The van der Waals surface area contributed by atoms with E-state index in [0.717, 1.165) is 38.5 Å². The number of hydrogen-bond acceptors (Lipinski definition) is 1. The zero-order valence-electron chi connectivity index (χ0n) is 21.3. The molecule has 4 fully saturated rings. The molecule has 0 bridgehead atoms. The first kappa shape index (κ1) is 26.0. The first-order valence-corrected chi connectivity index (χ1v) is 13.4. The van der Waals surface area contributed by atoms with Crippen LogP contribution in [-0.2, 0) is 0 Å². The van der Waals surface area contributed by atoms with E-state index in [0.29, 0.717) is 42.4 Å². The van der Waals surface area contributed by atoms with Crippen molar-refractivity contribution in [2.45, 2.75) is 122 Å². The lowest BCUT2D eigenvalue weighted by Gasteiger charge is -2.69. The largest absolute Gasteiger partial charge is 0.391 e. The number of aliphatic hydroxyl groups is 1. The van der Waals surface area contributed by atoms with Gasteiger partial charge in [-0.05, 0) is 105 Å². The molecule has 0 heterocycles. The molecule has 0 aliphatic heterocycles. The minimum Gasteiger partial charge on any atom is -0.390 e. The van der Waals surface area contributed by atoms with Crippen molar-refractivity contribution in [3.63, 3.8) is 0 Å². The third-order valence-corrected chi connectivity index (χ3v) is 11.7. The van der Waals surface area contributed by atoms with Gasteiger partial charge in [-0.25, -0.2) is 0 Å². The highest BCUT2D eigenvalue weighted by atomic mass is 19.4. The van der Waals surface area contributed by atoms with Crippen LogP contribution in [0.15, 0.2) is 0 Å². The van der Waals surface area contributed by atoms with E-state index in [1.165, 1.54) is 13.3 Å². The predicted molar refractivity (Wildman–Crippen MR) is 129 cm³/mol. The molecule has 4 saturated carbocycles. The molecule has 6 heteroatoms. The number of halogens is 3. The van der Waals surface area contributed by atoms with Crippen LogP contribution >= 0.6 is 0 Å². The van der Waals surface area contributed by atoms with E-state index in [1.54, 1.807) is 0 Å². The summed E-state index contributed by atoms with van der Waals surface area (Å²) in [5.41, 5.74) is -0.624. The Morgan fingerprint density at radius 2 is 1.64 bits per heavy atom. The van der Waals surface area contributed by atoms with Crippen LogP contribution in [-0.4, -0.2) is 32.6 Å². The summed E-state index contributed by atoms with van der Waals surface area (Å²) in [5, 5.41) is 10.3. The molecule has 11 atom stereocenters. The summed E-state index contributed by atoms with van der Waals surface area (Å²) in [5.74, 6) is 1.10. The second-order valence-corrected chi connectivity index (χ2v) is 13.6. The zero-order valence-corrected chi connectivity index (χ0v) is 21.3. The molecular formula is C27H43B2F3O. The number of hydrogen-bond donors (Lipinski definition) is 1. The summed E-state index contributed by atoms with van der Waals surface area (Å²) in [6.45, 7) is 10.2. The molecule has 0 aromatic carbocycles. The Bertz CT molecular complexity index is 741. The first-order chi connectivity index (χ1) is 15.1. The van der Waals surface area contributed by atoms with E-state index < -0.39 is 23.0 Å². The van der Waals surface area contributed by atoms with Gasteiger partial charge in [0.15, 0.2) is 0 Å². The van der Waals surface area contributed by atoms with Crippen LogP contribution in [0.2, 0.25) is 11.1 Å². The molecule has 33 heavy (non-hydrogen) atoms. The van der Waals surface area contributed by atoms with Gasteiger partial charge in [-0.3, -0.25) is 0 Å². The monoisotopic (exact) mass is 462 g/mol. The Balaban J connectivity index is 1.52. The molecule has 1 nitrogen and oxygen atoms in total. The fraction of sp³-hybridized carbons (Fsp3) is 1.00. The number of alkyl halides is 3. The van der Waals surface area contributed by atoms with Crippen molar-refractivity contribution in [1.29, 1.82) is 0 Å². The molecule has 4 rings (SSSR count). The summed E-state index contributed by atoms with van der Waals surface area (Å²) >= 11 is 0. The number of fused-ring (bicyclic) bond motifs is 5. The fourth-order valence-corrected chi connectivity index (χ4v) is 9.53. The molecule has 0 aromatic heterocycles. The van der Waals surface area contributed by atoms with E-state index in [2.05, 4.69) is 20.8 Å². The van der Waals surface area contributed by atoms with E-state index in [-0.39, 0.29) is 23.1 Å². The van der Waals surface area contributed by atoms with E-state index in [1.807, 2.05) is 6.92 Å². The van der Waals surface area contributed by atoms with Gasteiger partial charge < -0.3 is 5.11 Å². The molecule has 4 aliphatic carbocycles. The van der Waals surface area contributed by atoms with E-state index in [9.17, 15) is 18.3 Å². The first-order valence-electron chi connectivity index (χ1n) is 13.4. The van der Waals surface area contributed by atoms with Crippen LogP contribution < -0.4 is 0 Å². The molecule has 9 unspecified atom stereocenters. The Morgan fingerprint density at radius 3 is 2.27 bits per heavy atom. The number of rotatable bonds is 4. The van der Waals surface area contributed by atoms with Gasteiger partial charge in [0.05, 0.1) is 27.2 Å². The van der Waals surface area contributed by atoms with Crippen LogP contribution in [0.1, 0.15) is 98.8 Å². The van der Waals surface area contributed by atoms with Crippen LogP contribution in [0.5, 0.6) is 0 Å². The maximum Gasteiger partial charge on any atom is 0.391 e. The lowest BCUT2D eigenvalue weighted by molar-refractivity contribution is -0.172. The van der Waals surface area contributed by atoms with Crippen LogP contribution in [0, 0.1) is 46.3 Å². The molecular weight excluding hydrogens is 419 g/mol. The second-order valence-electron chi connectivity index (χ2n) is 13.6. The SMILES string of the molecule is [B]C1CC2C3CCC([C@H](C)CCC(C)C(F)(F)F)C3(C)CCC2C2(C)CC[C@](C)(O)CC12[B]. The molecule has 0 aromatic rings. The van der Waals surface area contributed by atoms with Gasteiger partial charge >= 0.3 is 6.18 Å². The van der Waals surface area contributed by atoms with Gasteiger partial charge in [0.2, 0.25) is 0 Å². The average molecular weight is 462 g/mol. The summed E-state index contributed by atoms with van der Waals surface area (Å²) in [6.07, 6.45) is 4.53. The molecule has 0 amide bonds. The molecule has 0 spiro atoms. The maximum atomic E-state index is 13.1. The zero-order chi connectivity index (χ0) is 24.6. The summed E-state index contributed by atoms with van der Waals surface area (Å²) in [4.78, 5) is 0. The van der Waals surface area contributed by atoms with Crippen LogP contribution in [0.3, 0.4) is 0 Å². The second kappa shape index (κ2) is 8.20. The van der Waals surface area contributed by atoms with Crippen molar-refractivity contribution < 1.29 is 18.3 Å². The molecule has 1 N–H and O–H groups in total. The van der Waals surface area contributed by atoms with E-state index in [4.69, 9.17) is 15.7 Å². The van der Waals surface area contributed by atoms with Crippen molar-refractivity contribution >= 4 is 15.7 Å². The minimum atomic E-state index is -4.09. The third-order valence-electron chi connectivity index (χ3n) is 11.7. The maximum absolute atomic E-state index is 13.1. The van der Waals surface area contributed by atoms with Gasteiger partial charge in [0.1, 0.15) is 0 Å². The van der Waals surface area contributed by atoms with Gasteiger partial charge in [0.25, 0.3) is 0 Å². The topological polar surface area (TPSA) is 20.2 Å². The average Bonchev–Trinajstić information content (AvgIpc) is 3.05.